The van der Waals surface area contributed by atoms with Gasteiger partial charge < -0.3 is 14.4 Å². The van der Waals surface area contributed by atoms with Crippen LogP contribution in [-0.4, -0.2) is 52.4 Å². The van der Waals surface area contributed by atoms with Crippen LogP contribution in [-0.2, 0) is 29.5 Å². The first-order valence-corrected chi connectivity index (χ1v) is 9.15. The van der Waals surface area contributed by atoms with Crippen LogP contribution in [0.4, 0.5) is 0 Å². The molecule has 5 heteroatoms. The number of piperazine rings is 1. The molecule has 0 bridgehead atoms. The van der Waals surface area contributed by atoms with E-state index in [1.807, 2.05) is 53.7 Å². The molecule has 0 unspecified atom stereocenters. The third-order valence-corrected chi connectivity index (χ3v) is 5.08. The van der Waals surface area contributed by atoms with Gasteiger partial charge in [-0.15, -0.1) is 0 Å². The van der Waals surface area contributed by atoms with Gasteiger partial charge in [0, 0.05) is 45.6 Å². The Hall–Kier alpha value is -2.56. The van der Waals surface area contributed by atoms with Gasteiger partial charge in [-0.25, -0.2) is 0 Å². The minimum Gasteiger partial charge on any atom is -0.357 e. The largest absolute Gasteiger partial charge is 0.357 e. The fourth-order valence-corrected chi connectivity index (χ4v) is 3.42. The van der Waals surface area contributed by atoms with Crippen LogP contribution < -0.4 is 0 Å². The molecule has 2 amide bonds. The second-order valence-corrected chi connectivity index (χ2v) is 7.23. The van der Waals surface area contributed by atoms with Crippen molar-refractivity contribution in [2.24, 2.45) is 7.05 Å². The van der Waals surface area contributed by atoms with Gasteiger partial charge in [0.2, 0.25) is 11.8 Å². The first kappa shape index (κ1) is 18.2. The second kappa shape index (κ2) is 7.77. The Morgan fingerprint density at radius 2 is 1.54 bits per heavy atom. The smallest absolute Gasteiger partial charge is 0.227 e. The van der Waals surface area contributed by atoms with E-state index in [1.165, 1.54) is 5.56 Å². The molecule has 0 N–H and O–H groups in total. The molecule has 0 radical (unpaired) electrons. The van der Waals surface area contributed by atoms with Gasteiger partial charge in [-0.2, -0.15) is 0 Å². The Balaban J connectivity index is 1.52. The van der Waals surface area contributed by atoms with Crippen molar-refractivity contribution in [1.82, 2.24) is 14.4 Å². The van der Waals surface area contributed by atoms with Crippen molar-refractivity contribution in [3.63, 3.8) is 0 Å². The quantitative estimate of drug-likeness (QED) is 0.845. The summed E-state index contributed by atoms with van der Waals surface area (Å²) >= 11 is 0. The summed E-state index contributed by atoms with van der Waals surface area (Å²) in [4.78, 5) is 28.8. The van der Waals surface area contributed by atoms with E-state index in [9.17, 15) is 9.59 Å². The molecule has 5 nitrogen and oxygen atoms in total. The molecule has 1 aliphatic rings. The van der Waals surface area contributed by atoms with E-state index >= 15 is 0 Å². The fourth-order valence-electron chi connectivity index (χ4n) is 3.42. The van der Waals surface area contributed by atoms with E-state index in [1.54, 1.807) is 0 Å². The molecule has 1 aliphatic heterocycles. The van der Waals surface area contributed by atoms with E-state index in [0.717, 1.165) is 16.7 Å². The van der Waals surface area contributed by atoms with Crippen molar-refractivity contribution in [1.29, 1.82) is 0 Å². The molecule has 1 fully saturated rings. The Bertz CT molecular complexity index is 801. The lowest BCUT2D eigenvalue weighted by molar-refractivity contribution is -0.138. The van der Waals surface area contributed by atoms with Crippen LogP contribution in [0.2, 0.25) is 0 Å². The SMILES string of the molecule is Cc1ccc(C)c(CC(=O)N2CCN(C(=O)Cc3ccn(C)c3)CC2)c1. The maximum absolute atomic E-state index is 12.6. The van der Waals surface area contributed by atoms with Crippen LogP contribution in [0.15, 0.2) is 36.7 Å². The van der Waals surface area contributed by atoms with Gasteiger partial charge in [0.1, 0.15) is 0 Å². The highest BCUT2D eigenvalue weighted by atomic mass is 16.2. The molecule has 1 aromatic heterocycles. The van der Waals surface area contributed by atoms with Gasteiger partial charge in [-0.3, -0.25) is 9.59 Å². The number of amides is 2. The number of hydrogen-bond donors (Lipinski definition) is 0. The molecule has 138 valence electrons. The minimum atomic E-state index is 0.137. The zero-order valence-corrected chi connectivity index (χ0v) is 15.9. The van der Waals surface area contributed by atoms with E-state index in [2.05, 4.69) is 18.2 Å². The molecule has 2 aromatic rings. The molecule has 1 aromatic carbocycles. The molecule has 0 spiro atoms. The number of aromatic nitrogens is 1. The standard InChI is InChI=1S/C21H27N3O2/c1-16-4-5-17(2)19(12-16)14-21(26)24-10-8-23(9-11-24)20(25)13-18-6-7-22(3)15-18/h4-7,12,15H,8-11,13-14H2,1-3H3. The van der Waals surface area contributed by atoms with Crippen molar-refractivity contribution >= 4 is 11.8 Å². The highest BCUT2D eigenvalue weighted by molar-refractivity contribution is 5.81. The zero-order valence-electron chi connectivity index (χ0n) is 15.9. The van der Waals surface area contributed by atoms with Crippen molar-refractivity contribution in [3.8, 4) is 0 Å². The molecule has 2 heterocycles. The van der Waals surface area contributed by atoms with E-state index in [4.69, 9.17) is 0 Å². The first-order valence-electron chi connectivity index (χ1n) is 9.15. The number of aryl methyl sites for hydroxylation is 3. The molecule has 26 heavy (non-hydrogen) atoms. The number of nitrogens with zero attached hydrogens (tertiary/aromatic N) is 3. The maximum Gasteiger partial charge on any atom is 0.227 e. The summed E-state index contributed by atoms with van der Waals surface area (Å²) in [6.07, 6.45) is 4.79. The third-order valence-electron chi connectivity index (χ3n) is 5.08. The van der Waals surface area contributed by atoms with Crippen molar-refractivity contribution < 1.29 is 9.59 Å². The van der Waals surface area contributed by atoms with Gasteiger partial charge in [-0.05, 0) is 36.6 Å². The number of carbonyl (C=O) groups is 2. The highest BCUT2D eigenvalue weighted by Gasteiger charge is 2.24. The normalized spacial score (nSPS) is 14.6. The van der Waals surface area contributed by atoms with Crippen molar-refractivity contribution in [2.75, 3.05) is 26.2 Å². The third kappa shape index (κ3) is 4.34. The number of hydrogen-bond acceptors (Lipinski definition) is 2. The van der Waals surface area contributed by atoms with Crippen LogP contribution in [0.3, 0.4) is 0 Å². The number of carbonyl (C=O) groups excluding carboxylic acids is 2. The summed E-state index contributed by atoms with van der Waals surface area (Å²) in [7, 11) is 1.95. The number of rotatable bonds is 4. The second-order valence-electron chi connectivity index (χ2n) is 7.23. The minimum absolute atomic E-state index is 0.137. The fraction of sp³-hybridized carbons (Fsp3) is 0.429. The predicted molar refractivity (Wildman–Crippen MR) is 102 cm³/mol. The summed E-state index contributed by atoms with van der Waals surface area (Å²) in [6, 6.07) is 8.20. The average Bonchev–Trinajstić information content (AvgIpc) is 3.03. The Morgan fingerprint density at radius 3 is 2.12 bits per heavy atom. The summed E-state index contributed by atoms with van der Waals surface area (Å²) in [5.41, 5.74) is 4.46. The van der Waals surface area contributed by atoms with E-state index in [-0.39, 0.29) is 11.8 Å². The van der Waals surface area contributed by atoms with E-state index < -0.39 is 0 Å². The van der Waals surface area contributed by atoms with Crippen LogP contribution in [0.1, 0.15) is 22.3 Å². The maximum atomic E-state index is 12.6. The highest BCUT2D eigenvalue weighted by Crippen LogP contribution is 2.14. The van der Waals surface area contributed by atoms with Crippen LogP contribution in [0, 0.1) is 13.8 Å². The lowest BCUT2D eigenvalue weighted by Gasteiger charge is -2.35. The zero-order chi connectivity index (χ0) is 18.7. The Labute approximate surface area is 155 Å². The van der Waals surface area contributed by atoms with Gasteiger partial charge in [0.15, 0.2) is 0 Å². The van der Waals surface area contributed by atoms with Gasteiger partial charge in [0.05, 0.1) is 12.8 Å². The lowest BCUT2D eigenvalue weighted by Crippen LogP contribution is -2.51. The monoisotopic (exact) mass is 353 g/mol. The van der Waals surface area contributed by atoms with Crippen LogP contribution >= 0.6 is 0 Å². The summed E-state index contributed by atoms with van der Waals surface area (Å²) < 4.78 is 1.95. The summed E-state index contributed by atoms with van der Waals surface area (Å²) in [6.45, 7) is 6.55. The van der Waals surface area contributed by atoms with Crippen molar-refractivity contribution in [2.45, 2.75) is 26.7 Å². The van der Waals surface area contributed by atoms with Crippen LogP contribution in [0.25, 0.3) is 0 Å². The molecule has 0 atom stereocenters. The van der Waals surface area contributed by atoms with Gasteiger partial charge >= 0.3 is 0 Å². The number of benzene rings is 1. The Kier molecular flexibility index (Phi) is 5.45. The van der Waals surface area contributed by atoms with Gasteiger partial charge in [0.25, 0.3) is 0 Å². The van der Waals surface area contributed by atoms with Crippen molar-refractivity contribution in [3.05, 3.63) is 58.9 Å². The lowest BCUT2D eigenvalue weighted by atomic mass is 10.0. The molecule has 3 rings (SSSR count). The first-order chi connectivity index (χ1) is 12.4. The molecule has 1 saturated heterocycles. The summed E-state index contributed by atoms with van der Waals surface area (Å²) in [5.74, 6) is 0.284. The Morgan fingerprint density at radius 1 is 0.923 bits per heavy atom. The van der Waals surface area contributed by atoms with Gasteiger partial charge in [-0.1, -0.05) is 23.8 Å². The molecule has 0 aliphatic carbocycles. The molecular weight excluding hydrogens is 326 g/mol. The topological polar surface area (TPSA) is 45.6 Å². The molecule has 0 saturated carbocycles. The summed E-state index contributed by atoms with van der Waals surface area (Å²) in [5, 5.41) is 0. The average molecular weight is 353 g/mol. The molecular formula is C21H27N3O2. The van der Waals surface area contributed by atoms with Crippen LogP contribution in [0.5, 0.6) is 0 Å². The van der Waals surface area contributed by atoms with E-state index in [0.29, 0.717) is 39.0 Å². The predicted octanol–water partition coefficient (Wildman–Crippen LogP) is 2.10.